The number of H-pyrrole nitrogens is 1. The standard InChI is InChI=1S/C22H32N4O2/c1-4-26(22(27)21-23-14-17(2)24-21)16-19-8-6-11-25(15-19)12-10-18-7-5-9-20(13-18)28-3/h5,7,9,13-14,19H,4,6,8,10-12,15-16H2,1-3H3,(H,23,24). The molecule has 0 radical (unpaired) electrons. The van der Waals surface area contributed by atoms with E-state index in [4.69, 9.17) is 4.74 Å². The van der Waals surface area contributed by atoms with Gasteiger partial charge in [0, 0.05) is 38.1 Å². The topological polar surface area (TPSA) is 61.5 Å². The second kappa shape index (κ2) is 9.73. The zero-order valence-corrected chi connectivity index (χ0v) is 17.3. The van der Waals surface area contributed by atoms with E-state index in [0.29, 0.717) is 18.3 Å². The van der Waals surface area contributed by atoms with Gasteiger partial charge in [0.2, 0.25) is 0 Å². The van der Waals surface area contributed by atoms with Crippen molar-refractivity contribution in [2.45, 2.75) is 33.1 Å². The molecule has 0 aliphatic carbocycles. The number of amides is 1. The van der Waals surface area contributed by atoms with E-state index in [1.54, 1.807) is 13.3 Å². The summed E-state index contributed by atoms with van der Waals surface area (Å²) in [5, 5.41) is 0. The summed E-state index contributed by atoms with van der Waals surface area (Å²) in [4.78, 5) is 24.4. The van der Waals surface area contributed by atoms with Crippen molar-refractivity contribution in [2.75, 3.05) is 39.8 Å². The Labute approximate surface area is 167 Å². The lowest BCUT2D eigenvalue weighted by atomic mass is 9.96. The van der Waals surface area contributed by atoms with E-state index in [9.17, 15) is 4.79 Å². The van der Waals surface area contributed by atoms with Crippen LogP contribution in [0, 0.1) is 12.8 Å². The molecule has 1 aliphatic heterocycles. The minimum absolute atomic E-state index is 0.00380. The lowest BCUT2D eigenvalue weighted by Gasteiger charge is -2.35. The lowest BCUT2D eigenvalue weighted by molar-refractivity contribution is 0.0679. The maximum atomic E-state index is 12.7. The van der Waals surface area contributed by atoms with Gasteiger partial charge in [0.05, 0.1) is 7.11 Å². The van der Waals surface area contributed by atoms with Gasteiger partial charge in [-0.25, -0.2) is 4.98 Å². The molecule has 1 unspecified atom stereocenters. The second-order valence-corrected chi connectivity index (χ2v) is 7.67. The van der Waals surface area contributed by atoms with Crippen molar-refractivity contribution in [3.63, 3.8) is 0 Å². The van der Waals surface area contributed by atoms with Gasteiger partial charge in [-0.2, -0.15) is 0 Å². The number of aromatic amines is 1. The van der Waals surface area contributed by atoms with Crippen LogP contribution < -0.4 is 4.74 Å². The summed E-state index contributed by atoms with van der Waals surface area (Å²) in [7, 11) is 1.71. The van der Waals surface area contributed by atoms with Crippen LogP contribution >= 0.6 is 0 Å². The zero-order chi connectivity index (χ0) is 19.9. The highest BCUT2D eigenvalue weighted by Crippen LogP contribution is 2.20. The van der Waals surface area contributed by atoms with Crippen LogP contribution in [0.15, 0.2) is 30.5 Å². The van der Waals surface area contributed by atoms with Gasteiger partial charge in [-0.15, -0.1) is 0 Å². The molecule has 3 rings (SSSR count). The number of ether oxygens (including phenoxy) is 1. The van der Waals surface area contributed by atoms with E-state index in [1.807, 2.05) is 30.9 Å². The SMILES string of the molecule is CCN(CC1CCCN(CCc2cccc(OC)c2)C1)C(=O)c1ncc(C)[nH]1. The van der Waals surface area contributed by atoms with Gasteiger partial charge < -0.3 is 19.5 Å². The predicted molar refractivity (Wildman–Crippen MR) is 111 cm³/mol. The Balaban J connectivity index is 1.52. The van der Waals surface area contributed by atoms with Crippen LogP contribution in [0.3, 0.4) is 0 Å². The monoisotopic (exact) mass is 384 g/mol. The Hall–Kier alpha value is -2.34. The molecule has 1 atom stereocenters. The Morgan fingerprint density at radius 1 is 1.43 bits per heavy atom. The van der Waals surface area contributed by atoms with Crippen molar-refractivity contribution in [2.24, 2.45) is 5.92 Å². The Bertz CT molecular complexity index is 773. The highest BCUT2D eigenvalue weighted by Gasteiger charge is 2.25. The number of piperidine rings is 1. The summed E-state index contributed by atoms with van der Waals surface area (Å²) < 4.78 is 5.32. The smallest absolute Gasteiger partial charge is 0.289 e. The van der Waals surface area contributed by atoms with Gasteiger partial charge in [-0.3, -0.25) is 4.79 Å². The number of likely N-dealkylation sites (tertiary alicyclic amines) is 1. The fourth-order valence-corrected chi connectivity index (χ4v) is 3.96. The highest BCUT2D eigenvalue weighted by atomic mass is 16.5. The molecule has 1 aromatic carbocycles. The van der Waals surface area contributed by atoms with Gasteiger partial charge in [0.1, 0.15) is 5.75 Å². The second-order valence-electron chi connectivity index (χ2n) is 7.67. The molecule has 0 saturated carbocycles. The molecule has 1 fully saturated rings. The number of rotatable bonds is 8. The van der Waals surface area contributed by atoms with Gasteiger partial charge >= 0.3 is 0 Å². The van der Waals surface area contributed by atoms with Gasteiger partial charge in [-0.05, 0) is 63.3 Å². The van der Waals surface area contributed by atoms with Crippen LogP contribution in [0.1, 0.15) is 41.6 Å². The van der Waals surface area contributed by atoms with E-state index in [-0.39, 0.29) is 5.91 Å². The Morgan fingerprint density at radius 3 is 3.00 bits per heavy atom. The molecule has 0 bridgehead atoms. The molecule has 1 N–H and O–H groups in total. The minimum atomic E-state index is 0.00380. The predicted octanol–water partition coefficient (Wildman–Crippen LogP) is 3.14. The summed E-state index contributed by atoms with van der Waals surface area (Å²) >= 11 is 0. The molecule has 6 nitrogen and oxygen atoms in total. The van der Waals surface area contributed by atoms with Crippen LogP contribution in [-0.4, -0.2) is 65.5 Å². The Morgan fingerprint density at radius 2 is 2.29 bits per heavy atom. The normalized spacial score (nSPS) is 17.5. The van der Waals surface area contributed by atoms with E-state index in [2.05, 4.69) is 27.0 Å². The summed E-state index contributed by atoms with van der Waals surface area (Å²) in [5.41, 5.74) is 2.22. The van der Waals surface area contributed by atoms with Crippen molar-refractivity contribution in [3.8, 4) is 5.75 Å². The molecule has 6 heteroatoms. The quantitative estimate of drug-likeness (QED) is 0.760. The number of carbonyl (C=O) groups excluding carboxylic acids is 1. The van der Waals surface area contributed by atoms with Crippen LogP contribution in [-0.2, 0) is 6.42 Å². The molecule has 2 aromatic rings. The first kappa shape index (κ1) is 20.4. The number of aryl methyl sites for hydroxylation is 1. The fourth-order valence-electron chi connectivity index (χ4n) is 3.96. The molecule has 1 aliphatic rings. The molecule has 1 amide bonds. The molecule has 1 aromatic heterocycles. The first-order valence-electron chi connectivity index (χ1n) is 10.2. The fraction of sp³-hybridized carbons (Fsp3) is 0.545. The largest absolute Gasteiger partial charge is 0.497 e. The number of hydrogen-bond acceptors (Lipinski definition) is 4. The summed E-state index contributed by atoms with van der Waals surface area (Å²) in [6.45, 7) is 8.69. The third-order valence-electron chi connectivity index (χ3n) is 5.51. The third-order valence-corrected chi connectivity index (χ3v) is 5.51. The number of benzene rings is 1. The number of methoxy groups -OCH3 is 1. The average molecular weight is 385 g/mol. The first-order chi connectivity index (χ1) is 13.6. The first-order valence-corrected chi connectivity index (χ1v) is 10.2. The van der Waals surface area contributed by atoms with Gasteiger partial charge in [-0.1, -0.05) is 12.1 Å². The van der Waals surface area contributed by atoms with Crippen molar-refractivity contribution in [3.05, 3.63) is 47.5 Å². The van der Waals surface area contributed by atoms with Crippen molar-refractivity contribution >= 4 is 5.91 Å². The van der Waals surface area contributed by atoms with E-state index in [1.165, 1.54) is 18.4 Å². The van der Waals surface area contributed by atoms with Crippen molar-refractivity contribution < 1.29 is 9.53 Å². The maximum absolute atomic E-state index is 12.7. The highest BCUT2D eigenvalue weighted by molar-refractivity contribution is 5.90. The molecule has 28 heavy (non-hydrogen) atoms. The Kier molecular flexibility index (Phi) is 7.09. The number of nitrogens with zero attached hydrogens (tertiary/aromatic N) is 3. The average Bonchev–Trinajstić information content (AvgIpc) is 3.17. The van der Waals surface area contributed by atoms with Crippen LogP contribution in [0.4, 0.5) is 0 Å². The van der Waals surface area contributed by atoms with Crippen LogP contribution in [0.2, 0.25) is 0 Å². The molecule has 2 heterocycles. The van der Waals surface area contributed by atoms with Crippen molar-refractivity contribution in [1.82, 2.24) is 19.8 Å². The van der Waals surface area contributed by atoms with E-state index < -0.39 is 0 Å². The van der Waals surface area contributed by atoms with Crippen LogP contribution in [0.25, 0.3) is 0 Å². The van der Waals surface area contributed by atoms with Gasteiger partial charge in [0.25, 0.3) is 5.91 Å². The molecular weight excluding hydrogens is 352 g/mol. The molecule has 0 spiro atoms. The van der Waals surface area contributed by atoms with E-state index >= 15 is 0 Å². The minimum Gasteiger partial charge on any atom is -0.497 e. The van der Waals surface area contributed by atoms with Crippen molar-refractivity contribution in [1.29, 1.82) is 0 Å². The number of hydrogen-bond donors (Lipinski definition) is 1. The molecule has 152 valence electrons. The molecular formula is C22H32N4O2. The lowest BCUT2D eigenvalue weighted by Crippen LogP contribution is -2.43. The van der Waals surface area contributed by atoms with Crippen LogP contribution in [0.5, 0.6) is 5.75 Å². The molecule has 1 saturated heterocycles. The summed E-state index contributed by atoms with van der Waals surface area (Å²) in [6, 6.07) is 8.31. The zero-order valence-electron chi connectivity index (χ0n) is 17.3. The number of nitrogens with one attached hydrogen (secondary N) is 1. The van der Waals surface area contributed by atoms with Gasteiger partial charge in [0.15, 0.2) is 5.82 Å². The van der Waals surface area contributed by atoms with E-state index in [0.717, 1.165) is 44.0 Å². The summed E-state index contributed by atoms with van der Waals surface area (Å²) in [6.07, 6.45) is 5.10. The third kappa shape index (κ3) is 5.35. The number of aromatic nitrogens is 2. The maximum Gasteiger partial charge on any atom is 0.289 e. The number of carbonyl (C=O) groups is 1. The summed E-state index contributed by atoms with van der Waals surface area (Å²) in [5.74, 6) is 1.88. The number of imidazole rings is 1.